The van der Waals surface area contributed by atoms with Crippen molar-refractivity contribution in [1.82, 2.24) is 5.32 Å². The van der Waals surface area contributed by atoms with Crippen molar-refractivity contribution in [3.05, 3.63) is 65.2 Å². The monoisotopic (exact) mass is 283 g/mol. The molecule has 0 aromatic heterocycles. The van der Waals surface area contributed by atoms with Crippen molar-refractivity contribution in [2.24, 2.45) is 0 Å². The summed E-state index contributed by atoms with van der Waals surface area (Å²) < 4.78 is 5.66. The van der Waals surface area contributed by atoms with Crippen molar-refractivity contribution in [2.75, 3.05) is 0 Å². The van der Waals surface area contributed by atoms with Crippen LogP contribution in [0.5, 0.6) is 5.75 Å². The van der Waals surface area contributed by atoms with Gasteiger partial charge < -0.3 is 10.1 Å². The van der Waals surface area contributed by atoms with Crippen molar-refractivity contribution in [2.45, 2.75) is 33.4 Å². The number of nitrogens with one attached hydrogen (secondary N) is 1. The quantitative estimate of drug-likeness (QED) is 0.913. The first-order valence-corrected chi connectivity index (χ1v) is 7.12. The molecule has 0 aliphatic heterocycles. The molecule has 0 spiro atoms. The van der Waals surface area contributed by atoms with Crippen molar-refractivity contribution in [1.29, 1.82) is 0 Å². The van der Waals surface area contributed by atoms with E-state index in [1.54, 1.807) is 6.92 Å². The molecule has 0 unspecified atom stereocenters. The predicted molar refractivity (Wildman–Crippen MR) is 84.3 cm³/mol. The van der Waals surface area contributed by atoms with Crippen LogP contribution in [0.1, 0.15) is 23.6 Å². The first kappa shape index (κ1) is 15.1. The van der Waals surface area contributed by atoms with Gasteiger partial charge >= 0.3 is 0 Å². The number of amides is 1. The van der Waals surface area contributed by atoms with Crippen LogP contribution in [0.2, 0.25) is 0 Å². The van der Waals surface area contributed by atoms with E-state index >= 15 is 0 Å². The standard InChI is InChI=1S/C18H21NO2/c1-13-7-6-10-17(11-13)21-15(3)18(20)19-12-16-9-5-4-8-14(16)2/h4-11,15H,12H2,1-3H3,(H,19,20)/t15-/m1/s1. The Bertz CT molecular complexity index is 622. The third-order valence-corrected chi connectivity index (χ3v) is 3.39. The Hall–Kier alpha value is -2.29. The lowest BCUT2D eigenvalue weighted by Gasteiger charge is -2.15. The summed E-state index contributed by atoms with van der Waals surface area (Å²) in [5.41, 5.74) is 3.40. The molecular weight excluding hydrogens is 262 g/mol. The summed E-state index contributed by atoms with van der Waals surface area (Å²) in [4.78, 5) is 12.1. The SMILES string of the molecule is Cc1cccc(O[C@H](C)C(=O)NCc2ccccc2C)c1. The molecule has 0 heterocycles. The molecule has 21 heavy (non-hydrogen) atoms. The van der Waals surface area contributed by atoms with Crippen LogP contribution < -0.4 is 10.1 Å². The fourth-order valence-electron chi connectivity index (χ4n) is 2.08. The molecule has 0 bridgehead atoms. The summed E-state index contributed by atoms with van der Waals surface area (Å²) in [6.07, 6.45) is -0.518. The molecule has 0 fully saturated rings. The van der Waals surface area contributed by atoms with Gasteiger partial charge in [-0.1, -0.05) is 36.4 Å². The maximum Gasteiger partial charge on any atom is 0.261 e. The van der Waals surface area contributed by atoms with Crippen LogP contribution in [0.25, 0.3) is 0 Å². The van der Waals surface area contributed by atoms with Crippen LogP contribution in [0.4, 0.5) is 0 Å². The number of aryl methyl sites for hydroxylation is 2. The van der Waals surface area contributed by atoms with Crippen molar-refractivity contribution < 1.29 is 9.53 Å². The lowest BCUT2D eigenvalue weighted by Crippen LogP contribution is -2.36. The Labute approximate surface area is 126 Å². The third-order valence-electron chi connectivity index (χ3n) is 3.39. The van der Waals surface area contributed by atoms with Gasteiger partial charge in [-0.15, -0.1) is 0 Å². The molecule has 2 aromatic rings. The van der Waals surface area contributed by atoms with E-state index < -0.39 is 6.10 Å². The number of rotatable bonds is 5. The second kappa shape index (κ2) is 6.93. The number of carbonyl (C=O) groups is 1. The lowest BCUT2D eigenvalue weighted by atomic mass is 10.1. The highest BCUT2D eigenvalue weighted by molar-refractivity contribution is 5.80. The van der Waals surface area contributed by atoms with Gasteiger partial charge in [-0.05, 0) is 49.6 Å². The van der Waals surface area contributed by atoms with E-state index in [2.05, 4.69) is 5.32 Å². The largest absolute Gasteiger partial charge is 0.481 e. The number of benzene rings is 2. The lowest BCUT2D eigenvalue weighted by molar-refractivity contribution is -0.127. The zero-order valence-electron chi connectivity index (χ0n) is 12.7. The third kappa shape index (κ3) is 4.35. The molecule has 110 valence electrons. The van der Waals surface area contributed by atoms with Gasteiger partial charge in [-0.3, -0.25) is 4.79 Å². The summed E-state index contributed by atoms with van der Waals surface area (Å²) in [6, 6.07) is 15.7. The Morgan fingerprint density at radius 3 is 2.62 bits per heavy atom. The summed E-state index contributed by atoms with van der Waals surface area (Å²) in [5.74, 6) is 0.605. The van der Waals surface area contributed by atoms with Gasteiger partial charge in [0.25, 0.3) is 5.91 Å². The molecule has 2 aromatic carbocycles. The summed E-state index contributed by atoms with van der Waals surface area (Å²) in [5, 5.41) is 2.91. The van der Waals surface area contributed by atoms with Crippen molar-refractivity contribution in [3.63, 3.8) is 0 Å². The zero-order valence-corrected chi connectivity index (χ0v) is 12.7. The maximum atomic E-state index is 12.1. The van der Waals surface area contributed by atoms with Crippen LogP contribution in [0.15, 0.2) is 48.5 Å². The van der Waals surface area contributed by atoms with Crippen LogP contribution in [0, 0.1) is 13.8 Å². The number of ether oxygens (including phenoxy) is 1. The molecule has 2 rings (SSSR count). The average molecular weight is 283 g/mol. The molecule has 0 saturated heterocycles. The molecule has 0 saturated carbocycles. The highest BCUT2D eigenvalue weighted by atomic mass is 16.5. The Kier molecular flexibility index (Phi) is 4.99. The minimum absolute atomic E-state index is 0.111. The van der Waals surface area contributed by atoms with Crippen LogP contribution in [-0.4, -0.2) is 12.0 Å². The van der Waals surface area contributed by atoms with Crippen LogP contribution >= 0.6 is 0 Å². The molecule has 0 aliphatic rings. The minimum atomic E-state index is -0.518. The number of carbonyl (C=O) groups excluding carboxylic acids is 1. The van der Waals surface area contributed by atoms with Gasteiger partial charge in [0.05, 0.1) is 0 Å². The molecule has 3 nitrogen and oxygen atoms in total. The molecule has 1 atom stereocenters. The summed E-state index contributed by atoms with van der Waals surface area (Å²) in [7, 11) is 0. The highest BCUT2D eigenvalue weighted by Gasteiger charge is 2.14. The Morgan fingerprint density at radius 2 is 1.90 bits per heavy atom. The molecular formula is C18H21NO2. The van der Waals surface area contributed by atoms with E-state index in [9.17, 15) is 4.79 Å². The Balaban J connectivity index is 1.90. The van der Waals surface area contributed by atoms with E-state index in [1.165, 1.54) is 5.56 Å². The van der Waals surface area contributed by atoms with Gasteiger partial charge in [-0.2, -0.15) is 0 Å². The molecule has 1 amide bonds. The van der Waals surface area contributed by atoms with E-state index in [-0.39, 0.29) is 5.91 Å². The van der Waals surface area contributed by atoms with Crippen LogP contribution in [-0.2, 0) is 11.3 Å². The summed E-state index contributed by atoms with van der Waals surface area (Å²) >= 11 is 0. The second-order valence-corrected chi connectivity index (χ2v) is 5.22. The maximum absolute atomic E-state index is 12.1. The predicted octanol–water partition coefficient (Wildman–Crippen LogP) is 3.39. The zero-order chi connectivity index (χ0) is 15.2. The first-order valence-electron chi connectivity index (χ1n) is 7.12. The first-order chi connectivity index (χ1) is 10.1. The van der Waals surface area contributed by atoms with E-state index in [1.807, 2.05) is 62.4 Å². The van der Waals surface area contributed by atoms with Crippen molar-refractivity contribution >= 4 is 5.91 Å². The molecule has 3 heteroatoms. The van der Waals surface area contributed by atoms with Crippen LogP contribution in [0.3, 0.4) is 0 Å². The van der Waals surface area contributed by atoms with Crippen molar-refractivity contribution in [3.8, 4) is 5.75 Å². The fourth-order valence-corrected chi connectivity index (χ4v) is 2.08. The van der Waals surface area contributed by atoms with E-state index in [0.717, 1.165) is 11.1 Å². The van der Waals surface area contributed by atoms with E-state index in [4.69, 9.17) is 4.74 Å². The van der Waals surface area contributed by atoms with Gasteiger partial charge in [0.1, 0.15) is 5.75 Å². The fraction of sp³-hybridized carbons (Fsp3) is 0.278. The molecule has 1 N–H and O–H groups in total. The minimum Gasteiger partial charge on any atom is -0.481 e. The van der Waals surface area contributed by atoms with E-state index in [0.29, 0.717) is 12.3 Å². The highest BCUT2D eigenvalue weighted by Crippen LogP contribution is 2.14. The number of hydrogen-bond donors (Lipinski definition) is 1. The normalized spacial score (nSPS) is 11.8. The van der Waals surface area contributed by atoms with Gasteiger partial charge in [0, 0.05) is 6.54 Å². The molecule has 0 aliphatic carbocycles. The topological polar surface area (TPSA) is 38.3 Å². The van der Waals surface area contributed by atoms with Gasteiger partial charge in [-0.25, -0.2) is 0 Å². The molecule has 0 radical (unpaired) electrons. The average Bonchev–Trinajstić information content (AvgIpc) is 2.46. The smallest absolute Gasteiger partial charge is 0.261 e. The Morgan fingerprint density at radius 1 is 1.14 bits per heavy atom. The summed E-state index contributed by atoms with van der Waals surface area (Å²) in [6.45, 7) is 6.31. The van der Waals surface area contributed by atoms with Gasteiger partial charge in [0.15, 0.2) is 6.10 Å². The van der Waals surface area contributed by atoms with Gasteiger partial charge in [0.2, 0.25) is 0 Å². The second-order valence-electron chi connectivity index (χ2n) is 5.22. The number of hydrogen-bond acceptors (Lipinski definition) is 2.